The largest absolute Gasteiger partial charge is 0.363 e. The fourth-order valence-electron chi connectivity index (χ4n) is 1.62. The van der Waals surface area contributed by atoms with Crippen LogP contribution in [0.15, 0.2) is 28.6 Å². The van der Waals surface area contributed by atoms with Crippen LogP contribution < -0.4 is 5.32 Å². The van der Waals surface area contributed by atoms with Crippen molar-refractivity contribution in [1.29, 1.82) is 0 Å². The first-order valence-electron chi connectivity index (χ1n) is 6.22. The van der Waals surface area contributed by atoms with E-state index in [1.54, 1.807) is 23.1 Å². The standard InChI is InChI=1S/C14H19N3S2/c1-14(2,3)11-7-5-10(6-8-11)9-18-13-17-16-12(15-4)19-13/h5-8H,9H2,1-4H3,(H,15,16). The number of anilines is 1. The highest BCUT2D eigenvalue weighted by atomic mass is 32.2. The average Bonchev–Trinajstić information content (AvgIpc) is 2.84. The minimum Gasteiger partial charge on any atom is -0.363 e. The van der Waals surface area contributed by atoms with Gasteiger partial charge in [-0.2, -0.15) is 0 Å². The van der Waals surface area contributed by atoms with E-state index in [1.165, 1.54) is 11.1 Å². The molecule has 0 aliphatic heterocycles. The van der Waals surface area contributed by atoms with Gasteiger partial charge in [-0.05, 0) is 16.5 Å². The van der Waals surface area contributed by atoms with E-state index >= 15 is 0 Å². The van der Waals surface area contributed by atoms with Crippen LogP contribution in [0.5, 0.6) is 0 Å². The molecule has 0 fully saturated rings. The lowest BCUT2D eigenvalue weighted by Gasteiger charge is -2.19. The molecule has 0 spiro atoms. The summed E-state index contributed by atoms with van der Waals surface area (Å²) >= 11 is 3.32. The lowest BCUT2D eigenvalue weighted by molar-refractivity contribution is 0.590. The first kappa shape index (κ1) is 14.3. The maximum atomic E-state index is 4.13. The van der Waals surface area contributed by atoms with Crippen molar-refractivity contribution in [3.05, 3.63) is 35.4 Å². The third-order valence-electron chi connectivity index (χ3n) is 2.80. The van der Waals surface area contributed by atoms with Crippen molar-refractivity contribution in [3.8, 4) is 0 Å². The van der Waals surface area contributed by atoms with Gasteiger partial charge in [0.25, 0.3) is 0 Å². The summed E-state index contributed by atoms with van der Waals surface area (Å²) in [7, 11) is 1.86. The van der Waals surface area contributed by atoms with Gasteiger partial charge in [-0.1, -0.05) is 68.1 Å². The Labute approximate surface area is 122 Å². The molecule has 1 aromatic heterocycles. The zero-order chi connectivity index (χ0) is 13.9. The van der Waals surface area contributed by atoms with Crippen LogP contribution in [0.2, 0.25) is 0 Å². The topological polar surface area (TPSA) is 37.8 Å². The molecule has 1 aromatic carbocycles. The number of aromatic nitrogens is 2. The highest BCUT2D eigenvalue weighted by molar-refractivity contribution is 8.00. The molecule has 2 aromatic rings. The lowest BCUT2D eigenvalue weighted by atomic mass is 9.87. The molecule has 0 aliphatic carbocycles. The van der Waals surface area contributed by atoms with E-state index < -0.39 is 0 Å². The summed E-state index contributed by atoms with van der Waals surface area (Å²) < 4.78 is 1.00. The fourth-order valence-corrected chi connectivity index (χ4v) is 3.28. The molecule has 1 heterocycles. The first-order chi connectivity index (χ1) is 8.99. The van der Waals surface area contributed by atoms with Crippen molar-refractivity contribution in [3.63, 3.8) is 0 Å². The van der Waals surface area contributed by atoms with Gasteiger partial charge in [-0.15, -0.1) is 10.2 Å². The minimum atomic E-state index is 0.215. The highest BCUT2D eigenvalue weighted by Crippen LogP contribution is 2.29. The summed E-state index contributed by atoms with van der Waals surface area (Å²) in [5.41, 5.74) is 2.90. The van der Waals surface area contributed by atoms with Crippen LogP contribution in [0.4, 0.5) is 5.13 Å². The minimum absolute atomic E-state index is 0.215. The molecule has 0 saturated heterocycles. The van der Waals surface area contributed by atoms with Crippen molar-refractivity contribution in [2.75, 3.05) is 12.4 Å². The van der Waals surface area contributed by atoms with E-state index in [1.807, 2.05) is 7.05 Å². The van der Waals surface area contributed by atoms with Crippen molar-refractivity contribution in [2.24, 2.45) is 0 Å². The lowest BCUT2D eigenvalue weighted by Crippen LogP contribution is -2.10. The van der Waals surface area contributed by atoms with Crippen molar-refractivity contribution in [2.45, 2.75) is 36.3 Å². The number of nitrogens with one attached hydrogen (secondary N) is 1. The van der Waals surface area contributed by atoms with Gasteiger partial charge in [0, 0.05) is 12.8 Å². The molecule has 0 amide bonds. The number of nitrogens with zero attached hydrogens (tertiary/aromatic N) is 2. The van der Waals surface area contributed by atoms with Crippen LogP contribution in [0, 0.1) is 0 Å². The Morgan fingerprint density at radius 3 is 2.37 bits per heavy atom. The van der Waals surface area contributed by atoms with E-state index in [2.05, 4.69) is 60.6 Å². The Balaban J connectivity index is 1.96. The zero-order valence-electron chi connectivity index (χ0n) is 11.7. The van der Waals surface area contributed by atoms with Gasteiger partial charge in [0.2, 0.25) is 5.13 Å². The molecule has 19 heavy (non-hydrogen) atoms. The number of thioether (sulfide) groups is 1. The summed E-state index contributed by atoms with van der Waals surface area (Å²) in [6, 6.07) is 8.84. The maximum absolute atomic E-state index is 4.13. The molecule has 0 radical (unpaired) electrons. The number of hydrogen-bond acceptors (Lipinski definition) is 5. The van der Waals surface area contributed by atoms with Gasteiger partial charge >= 0.3 is 0 Å². The number of hydrogen-bond donors (Lipinski definition) is 1. The van der Waals surface area contributed by atoms with Crippen molar-refractivity contribution < 1.29 is 0 Å². The van der Waals surface area contributed by atoms with Gasteiger partial charge < -0.3 is 5.32 Å². The molecular formula is C14H19N3S2. The Morgan fingerprint density at radius 1 is 1.16 bits per heavy atom. The first-order valence-corrected chi connectivity index (χ1v) is 8.03. The molecule has 1 N–H and O–H groups in total. The predicted octanol–water partition coefficient (Wildman–Crippen LogP) is 4.17. The van der Waals surface area contributed by atoms with E-state index in [9.17, 15) is 0 Å². The average molecular weight is 293 g/mol. The Morgan fingerprint density at radius 2 is 1.84 bits per heavy atom. The van der Waals surface area contributed by atoms with Gasteiger partial charge in [-0.3, -0.25) is 0 Å². The van der Waals surface area contributed by atoms with Crippen LogP contribution in [0.1, 0.15) is 31.9 Å². The van der Waals surface area contributed by atoms with Crippen molar-refractivity contribution in [1.82, 2.24) is 10.2 Å². The summed E-state index contributed by atoms with van der Waals surface area (Å²) in [5, 5.41) is 12.0. The van der Waals surface area contributed by atoms with Crippen LogP contribution >= 0.6 is 23.1 Å². The van der Waals surface area contributed by atoms with Gasteiger partial charge in [0.15, 0.2) is 4.34 Å². The fraction of sp³-hybridized carbons (Fsp3) is 0.429. The van der Waals surface area contributed by atoms with E-state index in [4.69, 9.17) is 0 Å². The van der Waals surface area contributed by atoms with Gasteiger partial charge in [0.1, 0.15) is 0 Å². The molecule has 0 unspecified atom stereocenters. The molecule has 0 aliphatic rings. The van der Waals surface area contributed by atoms with Crippen molar-refractivity contribution >= 4 is 28.2 Å². The Kier molecular flexibility index (Phi) is 4.47. The molecule has 0 bridgehead atoms. The summed E-state index contributed by atoms with van der Waals surface area (Å²) in [4.78, 5) is 0. The SMILES string of the molecule is CNc1nnc(SCc2ccc(C(C)(C)C)cc2)s1. The van der Waals surface area contributed by atoms with Gasteiger partial charge in [0.05, 0.1) is 0 Å². The van der Waals surface area contributed by atoms with Crippen LogP contribution in [0.25, 0.3) is 0 Å². The monoisotopic (exact) mass is 293 g/mol. The molecule has 2 rings (SSSR count). The molecule has 0 saturated carbocycles. The number of benzene rings is 1. The summed E-state index contributed by atoms with van der Waals surface area (Å²) in [6.07, 6.45) is 0. The van der Waals surface area contributed by atoms with Crippen LogP contribution in [0.3, 0.4) is 0 Å². The smallest absolute Gasteiger partial charge is 0.206 e. The van der Waals surface area contributed by atoms with Gasteiger partial charge in [-0.25, -0.2) is 0 Å². The summed E-state index contributed by atoms with van der Waals surface area (Å²) in [6.45, 7) is 6.70. The maximum Gasteiger partial charge on any atom is 0.206 e. The zero-order valence-corrected chi connectivity index (χ0v) is 13.4. The molecule has 3 nitrogen and oxygen atoms in total. The van der Waals surface area contributed by atoms with Crippen LogP contribution in [-0.4, -0.2) is 17.2 Å². The molecule has 0 atom stereocenters. The van der Waals surface area contributed by atoms with E-state index in [0.717, 1.165) is 15.2 Å². The Hall–Kier alpha value is -1.07. The third-order valence-corrected chi connectivity index (χ3v) is 4.95. The normalized spacial score (nSPS) is 11.6. The molecule has 5 heteroatoms. The van der Waals surface area contributed by atoms with E-state index in [-0.39, 0.29) is 5.41 Å². The summed E-state index contributed by atoms with van der Waals surface area (Å²) in [5.74, 6) is 0.933. The predicted molar refractivity (Wildman–Crippen MR) is 84.2 cm³/mol. The second-order valence-electron chi connectivity index (χ2n) is 5.36. The van der Waals surface area contributed by atoms with E-state index in [0.29, 0.717) is 0 Å². The Bertz CT molecular complexity index is 526. The second kappa shape index (κ2) is 5.92. The quantitative estimate of drug-likeness (QED) is 0.859. The third kappa shape index (κ3) is 3.94. The highest BCUT2D eigenvalue weighted by Gasteiger charge is 2.12. The van der Waals surface area contributed by atoms with Crippen LogP contribution in [-0.2, 0) is 11.2 Å². The molecular weight excluding hydrogens is 274 g/mol. The second-order valence-corrected chi connectivity index (χ2v) is 7.56. The number of rotatable bonds is 4. The molecule has 102 valence electrons.